The van der Waals surface area contributed by atoms with E-state index in [4.69, 9.17) is 4.74 Å². The maximum atomic E-state index is 12.9. The van der Waals surface area contributed by atoms with Crippen LogP contribution in [-0.2, 0) is 20.2 Å². The standard InChI is InChI=1S/C22H30N2O4S/c1-15-7-10-18(22(3,4)5)13-20(15)29(26,27)24-19-11-8-17(9-12-19)21(25)23-16(2)14-28-6/h7-13,16,24H,14H2,1-6H3,(H,23,25). The molecule has 1 atom stereocenters. The highest BCUT2D eigenvalue weighted by Crippen LogP contribution is 2.27. The van der Waals surface area contributed by atoms with Crippen molar-refractivity contribution in [2.24, 2.45) is 0 Å². The molecule has 29 heavy (non-hydrogen) atoms. The summed E-state index contributed by atoms with van der Waals surface area (Å²) in [4.78, 5) is 12.5. The van der Waals surface area contributed by atoms with Crippen molar-refractivity contribution < 1.29 is 17.9 Å². The number of benzene rings is 2. The summed E-state index contributed by atoms with van der Waals surface area (Å²) in [5.74, 6) is -0.238. The summed E-state index contributed by atoms with van der Waals surface area (Å²) in [5, 5.41) is 2.82. The Kier molecular flexibility index (Phi) is 7.08. The first kappa shape index (κ1) is 22.9. The number of aryl methyl sites for hydroxylation is 1. The molecule has 0 spiro atoms. The van der Waals surface area contributed by atoms with Crippen molar-refractivity contribution >= 4 is 21.6 Å². The lowest BCUT2D eigenvalue weighted by molar-refractivity contribution is 0.0905. The van der Waals surface area contributed by atoms with Gasteiger partial charge in [-0.25, -0.2) is 8.42 Å². The Morgan fingerprint density at radius 1 is 1.10 bits per heavy atom. The fourth-order valence-corrected chi connectivity index (χ4v) is 4.19. The highest BCUT2D eigenvalue weighted by atomic mass is 32.2. The van der Waals surface area contributed by atoms with Crippen molar-refractivity contribution in [1.29, 1.82) is 0 Å². The number of hydrogen-bond donors (Lipinski definition) is 2. The second-order valence-electron chi connectivity index (χ2n) is 8.24. The van der Waals surface area contributed by atoms with Gasteiger partial charge in [-0.2, -0.15) is 0 Å². The number of hydrogen-bond acceptors (Lipinski definition) is 4. The van der Waals surface area contributed by atoms with Crippen molar-refractivity contribution in [3.05, 3.63) is 59.2 Å². The van der Waals surface area contributed by atoms with E-state index >= 15 is 0 Å². The predicted molar refractivity (Wildman–Crippen MR) is 116 cm³/mol. The van der Waals surface area contributed by atoms with E-state index in [0.717, 1.165) is 5.56 Å². The third-order valence-electron chi connectivity index (χ3n) is 4.54. The second-order valence-corrected chi connectivity index (χ2v) is 9.89. The quantitative estimate of drug-likeness (QED) is 0.715. The smallest absolute Gasteiger partial charge is 0.262 e. The predicted octanol–water partition coefficient (Wildman–Crippen LogP) is 3.86. The van der Waals surface area contributed by atoms with Crippen LogP contribution >= 0.6 is 0 Å². The Balaban J connectivity index is 2.20. The van der Waals surface area contributed by atoms with Gasteiger partial charge in [0, 0.05) is 24.4 Å². The van der Waals surface area contributed by atoms with Gasteiger partial charge in [-0.15, -0.1) is 0 Å². The second kappa shape index (κ2) is 8.97. The number of methoxy groups -OCH3 is 1. The lowest BCUT2D eigenvalue weighted by Gasteiger charge is -2.21. The van der Waals surface area contributed by atoms with Crippen LogP contribution in [0.3, 0.4) is 0 Å². The lowest BCUT2D eigenvalue weighted by atomic mass is 9.87. The molecule has 158 valence electrons. The number of carbonyl (C=O) groups is 1. The zero-order valence-corrected chi connectivity index (χ0v) is 18.7. The summed E-state index contributed by atoms with van der Waals surface area (Å²) in [7, 11) is -2.18. The van der Waals surface area contributed by atoms with E-state index in [1.807, 2.05) is 39.8 Å². The molecule has 0 bridgehead atoms. The van der Waals surface area contributed by atoms with Crippen molar-refractivity contribution in [3.8, 4) is 0 Å². The molecule has 1 amide bonds. The maximum absolute atomic E-state index is 12.9. The molecule has 0 aliphatic heterocycles. The van der Waals surface area contributed by atoms with Crippen LogP contribution in [0.5, 0.6) is 0 Å². The first-order chi connectivity index (χ1) is 13.4. The summed E-state index contributed by atoms with van der Waals surface area (Å²) in [6, 6.07) is 11.7. The zero-order valence-electron chi connectivity index (χ0n) is 17.9. The first-order valence-electron chi connectivity index (χ1n) is 9.48. The molecular weight excluding hydrogens is 388 g/mol. The zero-order chi connectivity index (χ0) is 21.8. The van der Waals surface area contributed by atoms with Gasteiger partial charge in [0.05, 0.1) is 11.5 Å². The molecule has 0 heterocycles. The van der Waals surface area contributed by atoms with Gasteiger partial charge in [-0.3, -0.25) is 9.52 Å². The van der Waals surface area contributed by atoms with Crippen LogP contribution in [0.4, 0.5) is 5.69 Å². The lowest BCUT2D eigenvalue weighted by Crippen LogP contribution is -2.35. The monoisotopic (exact) mass is 418 g/mol. The van der Waals surface area contributed by atoms with Gasteiger partial charge < -0.3 is 10.1 Å². The van der Waals surface area contributed by atoms with Crippen molar-refractivity contribution in [3.63, 3.8) is 0 Å². The van der Waals surface area contributed by atoms with Crippen LogP contribution in [0.1, 0.15) is 49.2 Å². The Bertz CT molecular complexity index is 961. The van der Waals surface area contributed by atoms with E-state index in [2.05, 4.69) is 10.0 Å². The molecule has 0 aliphatic rings. The highest BCUT2D eigenvalue weighted by molar-refractivity contribution is 7.92. The highest BCUT2D eigenvalue weighted by Gasteiger charge is 2.21. The number of amides is 1. The molecule has 2 rings (SSSR count). The molecule has 1 unspecified atom stereocenters. The van der Waals surface area contributed by atoms with Crippen LogP contribution < -0.4 is 10.0 Å². The van der Waals surface area contributed by atoms with Crippen LogP contribution in [0.15, 0.2) is 47.4 Å². The average molecular weight is 419 g/mol. The molecule has 2 aromatic carbocycles. The molecule has 2 N–H and O–H groups in total. The van der Waals surface area contributed by atoms with Crippen LogP contribution in [-0.4, -0.2) is 34.1 Å². The number of carbonyl (C=O) groups excluding carboxylic acids is 1. The summed E-state index contributed by atoms with van der Waals surface area (Å²) < 4.78 is 33.5. The number of nitrogens with one attached hydrogen (secondary N) is 2. The Morgan fingerprint density at radius 3 is 2.28 bits per heavy atom. The van der Waals surface area contributed by atoms with Gasteiger partial charge in [0.25, 0.3) is 15.9 Å². The number of sulfonamides is 1. The molecule has 0 aliphatic carbocycles. The van der Waals surface area contributed by atoms with E-state index in [-0.39, 0.29) is 22.3 Å². The van der Waals surface area contributed by atoms with Gasteiger partial charge in [0.2, 0.25) is 0 Å². The molecule has 0 fully saturated rings. The molecule has 2 aromatic rings. The molecule has 0 radical (unpaired) electrons. The van der Waals surface area contributed by atoms with E-state index in [1.165, 1.54) is 0 Å². The Labute approximate surface area is 173 Å². The van der Waals surface area contributed by atoms with E-state index < -0.39 is 10.0 Å². The fraction of sp³-hybridized carbons (Fsp3) is 0.409. The van der Waals surface area contributed by atoms with E-state index in [9.17, 15) is 13.2 Å². The number of rotatable bonds is 7. The average Bonchev–Trinajstić information content (AvgIpc) is 2.61. The van der Waals surface area contributed by atoms with Crippen LogP contribution in [0.2, 0.25) is 0 Å². The van der Waals surface area contributed by atoms with Gasteiger partial charge in [-0.05, 0) is 60.7 Å². The van der Waals surface area contributed by atoms with Crippen molar-refractivity contribution in [2.45, 2.75) is 51.0 Å². The van der Waals surface area contributed by atoms with Crippen molar-refractivity contribution in [2.75, 3.05) is 18.4 Å². The largest absolute Gasteiger partial charge is 0.383 e. The van der Waals surface area contributed by atoms with Gasteiger partial charge in [0.1, 0.15) is 0 Å². The molecule has 6 nitrogen and oxygen atoms in total. The summed E-state index contributed by atoms with van der Waals surface area (Å²) in [5.41, 5.74) is 2.30. The fourth-order valence-electron chi connectivity index (χ4n) is 2.85. The third kappa shape index (κ3) is 6.05. The summed E-state index contributed by atoms with van der Waals surface area (Å²) in [6.07, 6.45) is 0. The Hall–Kier alpha value is -2.38. The Morgan fingerprint density at radius 2 is 1.72 bits per heavy atom. The van der Waals surface area contributed by atoms with Gasteiger partial charge >= 0.3 is 0 Å². The van der Waals surface area contributed by atoms with E-state index in [0.29, 0.717) is 23.4 Å². The summed E-state index contributed by atoms with van der Waals surface area (Å²) >= 11 is 0. The molecule has 0 saturated carbocycles. The minimum atomic E-state index is -3.75. The molecule has 0 aromatic heterocycles. The minimum absolute atomic E-state index is 0.122. The number of anilines is 1. The number of ether oxygens (including phenoxy) is 1. The first-order valence-corrected chi connectivity index (χ1v) is 11.0. The normalized spacial score (nSPS) is 13.0. The van der Waals surface area contributed by atoms with E-state index in [1.54, 1.807) is 44.4 Å². The molecule has 7 heteroatoms. The molecule has 0 saturated heterocycles. The van der Waals surface area contributed by atoms with Crippen LogP contribution in [0.25, 0.3) is 0 Å². The van der Waals surface area contributed by atoms with Crippen molar-refractivity contribution in [1.82, 2.24) is 5.32 Å². The topological polar surface area (TPSA) is 84.5 Å². The summed E-state index contributed by atoms with van der Waals surface area (Å²) in [6.45, 7) is 10.2. The van der Waals surface area contributed by atoms with Gasteiger partial charge in [-0.1, -0.05) is 32.9 Å². The third-order valence-corrected chi connectivity index (χ3v) is 6.06. The minimum Gasteiger partial charge on any atom is -0.383 e. The molecular formula is C22H30N2O4S. The van der Waals surface area contributed by atoms with Crippen LogP contribution in [0, 0.1) is 6.92 Å². The SMILES string of the molecule is COCC(C)NC(=O)c1ccc(NS(=O)(=O)c2cc(C(C)(C)C)ccc2C)cc1. The van der Waals surface area contributed by atoms with Gasteiger partial charge in [0.15, 0.2) is 0 Å². The maximum Gasteiger partial charge on any atom is 0.262 e.